The van der Waals surface area contributed by atoms with E-state index in [1.165, 1.54) is 11.1 Å². The number of fused-ring (bicyclic) bond motifs is 2. The average Bonchev–Trinajstić information content (AvgIpc) is 3.37. The molecule has 1 aromatic carbocycles. The van der Waals surface area contributed by atoms with E-state index in [4.69, 9.17) is 0 Å². The molecule has 3 amide bonds. The van der Waals surface area contributed by atoms with Crippen molar-refractivity contribution in [3.8, 4) is 0 Å². The lowest BCUT2D eigenvalue weighted by Crippen LogP contribution is -2.49. The van der Waals surface area contributed by atoms with E-state index < -0.39 is 0 Å². The zero-order valence-corrected chi connectivity index (χ0v) is 18.0. The SMILES string of the molecule is CCN(CC)C(=O)CC1CC2(CCN(C(=O)N3CCCC3)CC2)c2ccccc21. The highest BCUT2D eigenvalue weighted by atomic mass is 16.2. The van der Waals surface area contributed by atoms with Gasteiger partial charge in [-0.15, -0.1) is 0 Å². The van der Waals surface area contributed by atoms with Crippen LogP contribution >= 0.6 is 0 Å². The van der Waals surface area contributed by atoms with Gasteiger partial charge >= 0.3 is 6.03 Å². The fraction of sp³-hybridized carbons (Fsp3) is 0.667. The number of nitrogens with zero attached hydrogens (tertiary/aromatic N) is 3. The van der Waals surface area contributed by atoms with Crippen molar-refractivity contribution in [3.05, 3.63) is 35.4 Å². The molecule has 1 unspecified atom stereocenters. The Labute approximate surface area is 175 Å². The maximum Gasteiger partial charge on any atom is 0.319 e. The summed E-state index contributed by atoms with van der Waals surface area (Å²) in [5, 5.41) is 0. The quantitative estimate of drug-likeness (QED) is 0.771. The third-order valence-corrected chi connectivity index (χ3v) is 7.51. The van der Waals surface area contributed by atoms with Crippen molar-refractivity contribution in [2.45, 2.75) is 63.7 Å². The van der Waals surface area contributed by atoms with Crippen LogP contribution in [0.4, 0.5) is 4.79 Å². The van der Waals surface area contributed by atoms with Gasteiger partial charge in [0.2, 0.25) is 5.91 Å². The smallest absolute Gasteiger partial charge is 0.319 e. The van der Waals surface area contributed by atoms with Crippen LogP contribution in [0.25, 0.3) is 0 Å². The fourth-order valence-corrected chi connectivity index (χ4v) is 5.83. The Hall–Kier alpha value is -2.04. The highest BCUT2D eigenvalue weighted by Gasteiger charge is 2.46. The number of amides is 3. The minimum Gasteiger partial charge on any atom is -0.343 e. The largest absolute Gasteiger partial charge is 0.343 e. The number of rotatable bonds is 4. The van der Waals surface area contributed by atoms with E-state index in [1.807, 2.05) is 9.80 Å². The summed E-state index contributed by atoms with van der Waals surface area (Å²) in [6.07, 6.45) is 5.96. The van der Waals surface area contributed by atoms with E-state index in [0.717, 1.165) is 71.4 Å². The Morgan fingerprint density at radius 2 is 1.62 bits per heavy atom. The molecule has 1 atom stereocenters. The number of urea groups is 1. The van der Waals surface area contributed by atoms with E-state index in [2.05, 4.69) is 43.0 Å². The maximum absolute atomic E-state index is 12.8. The molecule has 0 N–H and O–H groups in total. The number of carbonyl (C=O) groups excluding carboxylic acids is 2. The van der Waals surface area contributed by atoms with Crippen LogP contribution in [0.3, 0.4) is 0 Å². The molecule has 0 radical (unpaired) electrons. The molecule has 4 rings (SSSR count). The summed E-state index contributed by atoms with van der Waals surface area (Å²) in [7, 11) is 0. The third-order valence-electron chi connectivity index (χ3n) is 7.51. The van der Waals surface area contributed by atoms with Gasteiger partial charge in [-0.1, -0.05) is 24.3 Å². The zero-order chi connectivity index (χ0) is 20.4. The van der Waals surface area contributed by atoms with E-state index in [9.17, 15) is 9.59 Å². The molecule has 1 aromatic rings. The normalized spacial score (nSPS) is 22.8. The molecule has 1 aliphatic carbocycles. The van der Waals surface area contributed by atoms with Crippen molar-refractivity contribution in [2.24, 2.45) is 0 Å². The second kappa shape index (κ2) is 8.37. The molecular weight excluding hydrogens is 362 g/mol. The van der Waals surface area contributed by atoms with E-state index in [0.29, 0.717) is 12.3 Å². The van der Waals surface area contributed by atoms with Crippen molar-refractivity contribution in [1.82, 2.24) is 14.7 Å². The molecule has 0 aromatic heterocycles. The van der Waals surface area contributed by atoms with Gasteiger partial charge in [0.25, 0.3) is 0 Å². The van der Waals surface area contributed by atoms with Gasteiger partial charge in [-0.05, 0) is 68.4 Å². The second-order valence-electron chi connectivity index (χ2n) is 9.00. The van der Waals surface area contributed by atoms with Crippen molar-refractivity contribution in [1.29, 1.82) is 0 Å². The molecule has 2 fully saturated rings. The Morgan fingerprint density at radius 1 is 1.00 bits per heavy atom. The predicted molar refractivity (Wildman–Crippen MR) is 115 cm³/mol. The van der Waals surface area contributed by atoms with Gasteiger partial charge < -0.3 is 14.7 Å². The van der Waals surface area contributed by atoms with Gasteiger partial charge in [-0.3, -0.25) is 4.79 Å². The molecule has 2 heterocycles. The first kappa shape index (κ1) is 20.2. The number of hydrogen-bond donors (Lipinski definition) is 0. The number of hydrogen-bond acceptors (Lipinski definition) is 2. The third kappa shape index (κ3) is 3.76. The average molecular weight is 398 g/mol. The molecule has 0 saturated carbocycles. The fourth-order valence-electron chi connectivity index (χ4n) is 5.83. The Balaban J connectivity index is 1.47. The summed E-state index contributed by atoms with van der Waals surface area (Å²) >= 11 is 0. The van der Waals surface area contributed by atoms with Crippen molar-refractivity contribution < 1.29 is 9.59 Å². The van der Waals surface area contributed by atoms with Gasteiger partial charge in [-0.2, -0.15) is 0 Å². The van der Waals surface area contributed by atoms with Crippen LogP contribution in [0, 0.1) is 0 Å². The van der Waals surface area contributed by atoms with Gasteiger partial charge in [0, 0.05) is 45.7 Å². The minimum absolute atomic E-state index is 0.132. The van der Waals surface area contributed by atoms with Crippen LogP contribution < -0.4 is 0 Å². The molecule has 2 aliphatic heterocycles. The molecule has 5 nitrogen and oxygen atoms in total. The highest BCUT2D eigenvalue weighted by Crippen LogP contribution is 2.52. The van der Waals surface area contributed by atoms with Crippen LogP contribution in [0.5, 0.6) is 0 Å². The summed E-state index contributed by atoms with van der Waals surface area (Å²) in [6, 6.07) is 8.98. The standard InChI is InChI=1S/C24H35N3O2/c1-3-25(4-2)22(28)17-19-18-24(21-10-6-5-9-20(19)21)11-15-27(16-12-24)23(29)26-13-7-8-14-26/h5-6,9-10,19H,3-4,7-8,11-18H2,1-2H3. The molecule has 158 valence electrons. The Bertz CT molecular complexity index is 744. The summed E-state index contributed by atoms with van der Waals surface area (Å²) in [5.74, 6) is 0.577. The number of carbonyl (C=O) groups is 2. The first-order valence-electron chi connectivity index (χ1n) is 11.5. The number of likely N-dealkylation sites (tertiary alicyclic amines) is 2. The zero-order valence-electron chi connectivity index (χ0n) is 18.0. The summed E-state index contributed by atoms with van der Waals surface area (Å²) in [6.45, 7) is 9.17. The lowest BCUT2D eigenvalue weighted by atomic mass is 9.73. The van der Waals surface area contributed by atoms with Gasteiger partial charge in [0.15, 0.2) is 0 Å². The lowest BCUT2D eigenvalue weighted by molar-refractivity contribution is -0.131. The number of piperidine rings is 1. The van der Waals surface area contributed by atoms with Gasteiger partial charge in [-0.25, -0.2) is 4.79 Å². The molecule has 29 heavy (non-hydrogen) atoms. The van der Waals surface area contributed by atoms with E-state index in [1.54, 1.807) is 0 Å². The van der Waals surface area contributed by atoms with Crippen LogP contribution in [-0.2, 0) is 10.2 Å². The van der Waals surface area contributed by atoms with Crippen LogP contribution in [0.2, 0.25) is 0 Å². The number of benzene rings is 1. The molecule has 5 heteroatoms. The summed E-state index contributed by atoms with van der Waals surface area (Å²) < 4.78 is 0. The predicted octanol–water partition coefficient (Wildman–Crippen LogP) is 3.98. The lowest BCUT2D eigenvalue weighted by Gasteiger charge is -2.41. The van der Waals surface area contributed by atoms with E-state index >= 15 is 0 Å². The van der Waals surface area contributed by atoms with E-state index in [-0.39, 0.29) is 17.4 Å². The van der Waals surface area contributed by atoms with Gasteiger partial charge in [0.05, 0.1) is 0 Å². The maximum atomic E-state index is 12.8. The Kier molecular flexibility index (Phi) is 5.84. The highest BCUT2D eigenvalue weighted by molar-refractivity contribution is 5.77. The topological polar surface area (TPSA) is 43.9 Å². The molecule has 1 spiro atoms. The van der Waals surface area contributed by atoms with Crippen LogP contribution in [0.15, 0.2) is 24.3 Å². The first-order chi connectivity index (χ1) is 14.1. The summed E-state index contributed by atoms with van der Waals surface area (Å²) in [4.78, 5) is 31.6. The molecule has 2 saturated heterocycles. The van der Waals surface area contributed by atoms with Crippen molar-refractivity contribution in [2.75, 3.05) is 39.3 Å². The van der Waals surface area contributed by atoms with Gasteiger partial charge in [0.1, 0.15) is 0 Å². The van der Waals surface area contributed by atoms with Crippen LogP contribution in [0.1, 0.15) is 69.4 Å². The van der Waals surface area contributed by atoms with Crippen molar-refractivity contribution in [3.63, 3.8) is 0 Å². The second-order valence-corrected chi connectivity index (χ2v) is 9.00. The molecule has 3 aliphatic rings. The molecule has 0 bridgehead atoms. The first-order valence-corrected chi connectivity index (χ1v) is 11.5. The summed E-state index contributed by atoms with van der Waals surface area (Å²) in [5.41, 5.74) is 2.94. The van der Waals surface area contributed by atoms with Crippen LogP contribution in [-0.4, -0.2) is 65.9 Å². The van der Waals surface area contributed by atoms with Crippen molar-refractivity contribution >= 4 is 11.9 Å². The minimum atomic E-state index is 0.132. The Morgan fingerprint density at radius 3 is 2.28 bits per heavy atom. The molecular formula is C24H35N3O2. The monoisotopic (exact) mass is 397 g/mol.